The molecule has 0 spiro atoms. The number of morpholine rings is 1. The summed E-state index contributed by atoms with van der Waals surface area (Å²) in [6.45, 7) is 5.62. The Hall–Kier alpha value is -2.20. The molecule has 1 aromatic heterocycles. The molecule has 0 saturated carbocycles. The normalized spacial score (nSPS) is 14.9. The minimum Gasteiger partial charge on any atom is -0.379 e. The number of nitrogens with zero attached hydrogens (tertiary/aromatic N) is 3. The van der Waals surface area contributed by atoms with Crippen LogP contribution in [0.4, 0.5) is 18.3 Å². The largest absolute Gasteiger partial charge is 0.416 e. The fourth-order valence-corrected chi connectivity index (χ4v) is 4.59. The number of hydrogen-bond donors (Lipinski definition) is 0. The maximum atomic E-state index is 13.3. The second kappa shape index (κ2) is 10.2. The van der Waals surface area contributed by atoms with Crippen molar-refractivity contribution >= 4 is 45.0 Å². The van der Waals surface area contributed by atoms with Crippen molar-refractivity contribution < 1.29 is 22.7 Å². The molecule has 2 aromatic carbocycles. The number of carbonyl (C=O) groups excluding carboxylic acids is 1. The Bertz CT molecular complexity index is 1080. The molecule has 1 aliphatic heterocycles. The maximum Gasteiger partial charge on any atom is 0.416 e. The molecule has 32 heavy (non-hydrogen) atoms. The molecule has 0 aliphatic carbocycles. The van der Waals surface area contributed by atoms with E-state index in [-0.39, 0.29) is 18.0 Å². The van der Waals surface area contributed by atoms with Crippen molar-refractivity contribution in [1.82, 2.24) is 9.88 Å². The molecule has 1 amide bonds. The number of fused-ring (bicyclic) bond motifs is 1. The molecule has 4 rings (SSSR count). The van der Waals surface area contributed by atoms with E-state index in [0.29, 0.717) is 31.4 Å². The summed E-state index contributed by atoms with van der Waals surface area (Å²) in [7, 11) is 0. The maximum absolute atomic E-state index is 13.3. The molecule has 0 bridgehead atoms. The van der Waals surface area contributed by atoms with Crippen LogP contribution in [-0.2, 0) is 10.9 Å². The average molecular weight is 486 g/mol. The number of amides is 1. The molecule has 0 N–H and O–H groups in total. The number of benzene rings is 2. The van der Waals surface area contributed by atoms with E-state index < -0.39 is 17.6 Å². The van der Waals surface area contributed by atoms with Crippen LogP contribution in [0.5, 0.6) is 0 Å². The highest BCUT2D eigenvalue weighted by Gasteiger charge is 2.32. The number of aromatic nitrogens is 1. The molecule has 0 atom stereocenters. The zero-order valence-electron chi connectivity index (χ0n) is 17.4. The van der Waals surface area contributed by atoms with Crippen LogP contribution in [0.25, 0.3) is 10.2 Å². The molecule has 1 saturated heterocycles. The van der Waals surface area contributed by atoms with Crippen LogP contribution in [0, 0.1) is 6.92 Å². The summed E-state index contributed by atoms with van der Waals surface area (Å²) in [6, 6.07) is 10.3. The first-order chi connectivity index (χ1) is 14.8. The Morgan fingerprint density at radius 3 is 2.59 bits per heavy atom. The van der Waals surface area contributed by atoms with Gasteiger partial charge in [-0.05, 0) is 36.8 Å². The third kappa shape index (κ3) is 5.40. The first-order valence-electron chi connectivity index (χ1n) is 9.98. The van der Waals surface area contributed by atoms with E-state index >= 15 is 0 Å². The van der Waals surface area contributed by atoms with E-state index in [1.54, 1.807) is 0 Å². The molecule has 2 heterocycles. The van der Waals surface area contributed by atoms with Gasteiger partial charge in [-0.25, -0.2) is 4.98 Å². The number of halogens is 4. The number of rotatable bonds is 5. The standard InChI is InChI=1S/C22H22F3N3O2S.ClH/c1-15-4-2-7-18-19(15)26-21(31-18)28(9-8-27-10-12-30-13-11-27)20(29)16-5-3-6-17(14-16)22(23,24)25;/h2-7,14H,8-13H2,1H3;1H. The van der Waals surface area contributed by atoms with Gasteiger partial charge in [0.15, 0.2) is 5.13 Å². The van der Waals surface area contributed by atoms with E-state index in [0.717, 1.165) is 41.0 Å². The minimum atomic E-state index is -4.51. The number of thiazole rings is 1. The highest BCUT2D eigenvalue weighted by Crippen LogP contribution is 2.33. The lowest BCUT2D eigenvalue weighted by molar-refractivity contribution is -0.137. The van der Waals surface area contributed by atoms with E-state index in [4.69, 9.17) is 4.74 Å². The van der Waals surface area contributed by atoms with Crippen molar-refractivity contribution in [3.8, 4) is 0 Å². The average Bonchev–Trinajstić information content (AvgIpc) is 3.19. The Balaban J connectivity index is 0.00000289. The summed E-state index contributed by atoms with van der Waals surface area (Å²) < 4.78 is 45.8. The quantitative estimate of drug-likeness (QED) is 0.509. The molecule has 3 aromatic rings. The monoisotopic (exact) mass is 485 g/mol. The van der Waals surface area contributed by atoms with Crippen LogP contribution in [-0.4, -0.2) is 55.2 Å². The van der Waals surface area contributed by atoms with Gasteiger partial charge in [-0.2, -0.15) is 13.2 Å². The molecule has 172 valence electrons. The van der Waals surface area contributed by atoms with Gasteiger partial charge in [-0.15, -0.1) is 12.4 Å². The lowest BCUT2D eigenvalue weighted by Crippen LogP contribution is -2.43. The van der Waals surface area contributed by atoms with Gasteiger partial charge in [-0.3, -0.25) is 14.6 Å². The topological polar surface area (TPSA) is 45.7 Å². The summed E-state index contributed by atoms with van der Waals surface area (Å²) in [5, 5.41) is 0.486. The van der Waals surface area contributed by atoms with Crippen LogP contribution < -0.4 is 4.90 Å². The molecular formula is C22H23ClF3N3O2S. The summed E-state index contributed by atoms with van der Waals surface area (Å²) in [5.41, 5.74) is 0.940. The van der Waals surface area contributed by atoms with Gasteiger partial charge in [0.25, 0.3) is 5.91 Å². The van der Waals surface area contributed by atoms with Crippen LogP contribution in [0.15, 0.2) is 42.5 Å². The smallest absolute Gasteiger partial charge is 0.379 e. The Kier molecular flexibility index (Phi) is 7.76. The summed E-state index contributed by atoms with van der Waals surface area (Å²) in [4.78, 5) is 21.7. The van der Waals surface area contributed by atoms with Gasteiger partial charge in [0.2, 0.25) is 0 Å². The van der Waals surface area contributed by atoms with E-state index in [1.807, 2.05) is 25.1 Å². The van der Waals surface area contributed by atoms with Crippen LogP contribution in [0.3, 0.4) is 0 Å². The third-order valence-corrected chi connectivity index (χ3v) is 6.31. The van der Waals surface area contributed by atoms with Crippen LogP contribution in [0.1, 0.15) is 21.5 Å². The number of para-hydroxylation sites is 1. The fourth-order valence-electron chi connectivity index (χ4n) is 3.52. The van der Waals surface area contributed by atoms with Gasteiger partial charge >= 0.3 is 6.18 Å². The van der Waals surface area contributed by atoms with Gasteiger partial charge < -0.3 is 4.74 Å². The van der Waals surface area contributed by atoms with Crippen molar-refractivity contribution in [2.75, 3.05) is 44.3 Å². The van der Waals surface area contributed by atoms with E-state index in [1.165, 1.54) is 28.4 Å². The number of carbonyl (C=O) groups is 1. The zero-order chi connectivity index (χ0) is 22.0. The van der Waals surface area contributed by atoms with Crippen molar-refractivity contribution in [2.24, 2.45) is 0 Å². The Labute approximate surface area is 194 Å². The lowest BCUT2D eigenvalue weighted by Gasteiger charge is -2.29. The Morgan fingerprint density at radius 2 is 1.91 bits per heavy atom. The summed E-state index contributed by atoms with van der Waals surface area (Å²) >= 11 is 1.37. The summed E-state index contributed by atoms with van der Waals surface area (Å²) in [6.07, 6.45) is -4.51. The van der Waals surface area contributed by atoms with Gasteiger partial charge in [0.05, 0.1) is 29.0 Å². The first kappa shape index (κ1) is 24.4. The van der Waals surface area contributed by atoms with Crippen molar-refractivity contribution in [3.63, 3.8) is 0 Å². The molecule has 1 fully saturated rings. The fraction of sp³-hybridized carbons (Fsp3) is 0.364. The SMILES string of the molecule is Cc1cccc2sc(N(CCN3CCOCC3)C(=O)c3cccc(C(F)(F)F)c3)nc12.Cl. The summed E-state index contributed by atoms with van der Waals surface area (Å²) in [5.74, 6) is -0.490. The van der Waals surface area contributed by atoms with Crippen LogP contribution in [0.2, 0.25) is 0 Å². The van der Waals surface area contributed by atoms with E-state index in [9.17, 15) is 18.0 Å². The number of hydrogen-bond acceptors (Lipinski definition) is 5. The highest BCUT2D eigenvalue weighted by molar-refractivity contribution is 7.22. The second-order valence-electron chi connectivity index (χ2n) is 7.41. The van der Waals surface area contributed by atoms with Gasteiger partial charge in [0.1, 0.15) is 0 Å². The van der Waals surface area contributed by atoms with Crippen LogP contribution >= 0.6 is 23.7 Å². The lowest BCUT2D eigenvalue weighted by atomic mass is 10.1. The van der Waals surface area contributed by atoms with Gasteiger partial charge in [0, 0.05) is 31.7 Å². The molecule has 1 aliphatic rings. The number of anilines is 1. The zero-order valence-corrected chi connectivity index (χ0v) is 19.0. The molecule has 0 unspecified atom stereocenters. The first-order valence-corrected chi connectivity index (χ1v) is 10.8. The van der Waals surface area contributed by atoms with E-state index in [2.05, 4.69) is 9.88 Å². The van der Waals surface area contributed by atoms with Crippen molar-refractivity contribution in [2.45, 2.75) is 13.1 Å². The highest BCUT2D eigenvalue weighted by atomic mass is 35.5. The predicted octanol–water partition coefficient (Wildman–Crippen LogP) is 5.02. The Morgan fingerprint density at radius 1 is 1.19 bits per heavy atom. The second-order valence-corrected chi connectivity index (χ2v) is 8.42. The number of aryl methyl sites for hydroxylation is 1. The molecule has 0 radical (unpaired) electrons. The van der Waals surface area contributed by atoms with Gasteiger partial charge in [-0.1, -0.05) is 29.5 Å². The molecule has 10 heteroatoms. The minimum absolute atomic E-state index is 0. The number of alkyl halides is 3. The van der Waals surface area contributed by atoms with Crippen molar-refractivity contribution in [1.29, 1.82) is 0 Å². The van der Waals surface area contributed by atoms with Crippen molar-refractivity contribution in [3.05, 3.63) is 59.2 Å². The number of ether oxygens (including phenoxy) is 1. The molecular weight excluding hydrogens is 463 g/mol. The predicted molar refractivity (Wildman–Crippen MR) is 122 cm³/mol. The third-order valence-electron chi connectivity index (χ3n) is 5.27. The molecule has 5 nitrogen and oxygen atoms in total.